The van der Waals surface area contributed by atoms with Crippen LogP contribution in [0.15, 0.2) is 54.7 Å². The van der Waals surface area contributed by atoms with Gasteiger partial charge in [0.05, 0.1) is 57.3 Å². The molecule has 3 aromatic carbocycles. The molecule has 16 heteroatoms. The van der Waals surface area contributed by atoms with Crippen molar-refractivity contribution in [2.24, 2.45) is 11.8 Å². The molecule has 4 heterocycles. The van der Waals surface area contributed by atoms with E-state index in [0.29, 0.717) is 41.2 Å². The van der Waals surface area contributed by atoms with Crippen molar-refractivity contribution in [1.82, 2.24) is 40.4 Å². The molecule has 0 radical (unpaired) electrons. The highest BCUT2D eigenvalue weighted by atomic mass is 28.3. The first-order valence-corrected chi connectivity index (χ1v) is 23.6. The molecule has 2 aliphatic rings. The summed E-state index contributed by atoms with van der Waals surface area (Å²) in [6.45, 7) is 12.5. The number of ether oxygens (including phenoxy) is 2. The molecular formula is C43H53FN8O6Si. The zero-order valence-electron chi connectivity index (χ0n) is 34.8. The van der Waals surface area contributed by atoms with E-state index in [-0.39, 0.29) is 35.7 Å². The third kappa shape index (κ3) is 8.27. The van der Waals surface area contributed by atoms with Crippen LogP contribution < -0.4 is 10.6 Å². The van der Waals surface area contributed by atoms with Crippen LogP contribution in [0.2, 0.25) is 19.1 Å². The lowest BCUT2D eigenvalue weighted by atomic mass is 9.99. The van der Waals surface area contributed by atoms with E-state index in [2.05, 4.69) is 38.7 Å². The van der Waals surface area contributed by atoms with Crippen molar-refractivity contribution >= 4 is 53.9 Å². The third-order valence-corrected chi connectivity index (χ3v) is 14.3. The summed E-state index contributed by atoms with van der Waals surface area (Å²) in [5.74, 6) is 0.199. The number of rotatable bonds is 10. The number of H-pyrrole nitrogens is 2. The van der Waals surface area contributed by atoms with E-state index in [1.807, 2.05) is 69.0 Å². The van der Waals surface area contributed by atoms with Gasteiger partial charge in [0.25, 0.3) is 0 Å². The summed E-state index contributed by atoms with van der Waals surface area (Å²) >= 11 is 0. The molecule has 312 valence electrons. The van der Waals surface area contributed by atoms with Crippen LogP contribution in [-0.2, 0) is 19.1 Å². The van der Waals surface area contributed by atoms with Crippen LogP contribution in [0.1, 0.15) is 64.3 Å². The molecule has 7 rings (SSSR count). The van der Waals surface area contributed by atoms with Crippen molar-refractivity contribution < 1.29 is 33.0 Å². The van der Waals surface area contributed by atoms with Gasteiger partial charge in [0.15, 0.2) is 0 Å². The molecule has 2 aromatic heterocycles. The molecule has 2 saturated heterocycles. The van der Waals surface area contributed by atoms with Crippen LogP contribution >= 0.6 is 0 Å². The Morgan fingerprint density at radius 2 is 1.47 bits per heavy atom. The number of benzene rings is 3. The first-order chi connectivity index (χ1) is 28.1. The van der Waals surface area contributed by atoms with Crippen molar-refractivity contribution in [2.45, 2.75) is 83.8 Å². The van der Waals surface area contributed by atoms with Crippen LogP contribution in [-0.4, -0.2) is 101 Å². The van der Waals surface area contributed by atoms with Crippen molar-refractivity contribution in [1.29, 1.82) is 0 Å². The number of halogens is 1. The van der Waals surface area contributed by atoms with Crippen LogP contribution in [0.3, 0.4) is 0 Å². The van der Waals surface area contributed by atoms with Gasteiger partial charge in [-0.25, -0.2) is 23.9 Å². The molecule has 4 atom stereocenters. The summed E-state index contributed by atoms with van der Waals surface area (Å²) in [4.78, 5) is 71.7. The number of hydrogen-bond donors (Lipinski definition) is 4. The predicted molar refractivity (Wildman–Crippen MR) is 225 cm³/mol. The van der Waals surface area contributed by atoms with Crippen LogP contribution in [0.25, 0.3) is 44.2 Å². The van der Waals surface area contributed by atoms with Crippen molar-refractivity contribution in [3.8, 4) is 22.4 Å². The number of methoxy groups -OCH3 is 2. The van der Waals surface area contributed by atoms with Gasteiger partial charge in [0.2, 0.25) is 11.8 Å². The van der Waals surface area contributed by atoms with Gasteiger partial charge in [-0.3, -0.25) is 9.59 Å². The van der Waals surface area contributed by atoms with E-state index in [4.69, 9.17) is 14.5 Å². The van der Waals surface area contributed by atoms with Crippen LogP contribution in [0, 0.1) is 17.7 Å². The Bertz CT molecular complexity index is 2410. The van der Waals surface area contributed by atoms with Gasteiger partial charge in [-0.15, -0.1) is 0 Å². The average molecular weight is 825 g/mol. The number of fused-ring (bicyclic) bond motifs is 3. The summed E-state index contributed by atoms with van der Waals surface area (Å²) < 4.78 is 25.6. The van der Waals surface area contributed by atoms with Gasteiger partial charge < -0.3 is 39.9 Å². The minimum atomic E-state index is -1.83. The van der Waals surface area contributed by atoms with E-state index in [1.165, 1.54) is 20.3 Å². The molecule has 5 aromatic rings. The fourth-order valence-corrected chi connectivity index (χ4v) is 11.4. The van der Waals surface area contributed by atoms with E-state index in [0.717, 1.165) is 46.3 Å². The van der Waals surface area contributed by atoms with E-state index >= 15 is 4.39 Å². The largest absolute Gasteiger partial charge is 0.453 e. The number of hydrogen-bond acceptors (Lipinski definition) is 8. The topological polar surface area (TPSA) is 175 Å². The molecule has 0 aliphatic carbocycles. The second kappa shape index (κ2) is 16.5. The Morgan fingerprint density at radius 1 is 0.831 bits per heavy atom. The summed E-state index contributed by atoms with van der Waals surface area (Å²) in [6, 6.07) is 13.7. The zero-order valence-corrected chi connectivity index (χ0v) is 35.8. The lowest BCUT2D eigenvalue weighted by Crippen LogP contribution is -2.52. The monoisotopic (exact) mass is 824 g/mol. The normalized spacial score (nSPS) is 18.8. The highest BCUT2D eigenvalue weighted by Crippen LogP contribution is 2.39. The summed E-state index contributed by atoms with van der Waals surface area (Å²) in [5, 5.41) is 7.25. The Kier molecular flexibility index (Phi) is 11.6. The maximum Gasteiger partial charge on any atom is 0.407 e. The minimum absolute atomic E-state index is 0.136. The Hall–Kier alpha value is -5.77. The second-order valence-electron chi connectivity index (χ2n) is 17.2. The standard InChI is InChI=1S/C43H53FN8O6Si/c1-23(2)35(49-42(55)57-5)40(53)51-17-9-10-33(51)39-46-31-16-13-27-18-25(11-14-28(27)37(31)48-39)26-12-15-29(30(44)19-26)32-20-45-38(47-32)34-21-59(7,8)22-52(34)41(54)36(24(3)4)50-43(56)58-6/h11-16,18-20,23-24,33-36H,9-10,17,21-22H2,1-8H3,(H,45,47)(H,46,48)(H,49,55)(H,50,56)/t33-,34-,35-,36-/m0/s1. The number of likely N-dealkylation sites (tertiary alicyclic amines) is 1. The van der Waals surface area contributed by atoms with Crippen molar-refractivity contribution in [3.63, 3.8) is 0 Å². The molecule has 4 amide bonds. The molecular weight excluding hydrogens is 772 g/mol. The summed E-state index contributed by atoms with van der Waals surface area (Å²) in [7, 11) is 0.715. The number of imidazole rings is 2. The van der Waals surface area contributed by atoms with Crippen LogP contribution in [0.5, 0.6) is 0 Å². The van der Waals surface area contributed by atoms with Crippen LogP contribution in [0.4, 0.5) is 14.0 Å². The molecule has 2 fully saturated rings. The Balaban J connectivity index is 1.11. The van der Waals surface area contributed by atoms with Gasteiger partial charge in [0, 0.05) is 23.7 Å². The maximum absolute atomic E-state index is 16.0. The smallest absolute Gasteiger partial charge is 0.407 e. The number of aromatic nitrogens is 4. The average Bonchev–Trinajstić information content (AvgIpc) is 4.03. The Labute approximate surface area is 343 Å². The first-order valence-electron chi connectivity index (χ1n) is 20.2. The van der Waals surface area contributed by atoms with Crippen molar-refractivity contribution in [3.05, 3.63) is 72.2 Å². The quantitative estimate of drug-likeness (QED) is 0.105. The summed E-state index contributed by atoms with van der Waals surface area (Å²) in [5.41, 5.74) is 4.03. The molecule has 0 unspecified atom stereocenters. The molecule has 2 aliphatic heterocycles. The van der Waals surface area contributed by atoms with Gasteiger partial charge >= 0.3 is 12.2 Å². The van der Waals surface area contributed by atoms with Gasteiger partial charge in [-0.05, 0) is 71.5 Å². The maximum atomic E-state index is 16.0. The fraction of sp³-hybridized carbons (Fsp3) is 0.442. The lowest BCUT2D eigenvalue weighted by Gasteiger charge is -2.30. The van der Waals surface area contributed by atoms with E-state index in [1.54, 1.807) is 17.2 Å². The number of nitrogens with one attached hydrogen (secondary N) is 4. The molecule has 59 heavy (non-hydrogen) atoms. The number of alkyl carbamates (subject to hydrolysis) is 2. The van der Waals surface area contributed by atoms with Gasteiger partial charge in [0.1, 0.15) is 29.5 Å². The SMILES string of the molecule is COC(=O)N[C@H](C(=O)N1C[Si](C)(C)C[C@H]1c1ncc(-c2ccc(-c3ccc4c(ccc5[nH]c([C@@H]6CCCN6C(=O)[C@@H](NC(=O)OC)C(C)C)nc54)c3)cc2F)[nH]1)C(C)C. The molecule has 4 N–H and O–H groups in total. The third-order valence-electron chi connectivity index (χ3n) is 11.6. The lowest BCUT2D eigenvalue weighted by molar-refractivity contribution is -0.136. The number of carbonyl (C=O) groups excluding carboxylic acids is 4. The molecule has 0 bridgehead atoms. The number of aromatic amines is 2. The number of nitrogens with zero attached hydrogens (tertiary/aromatic N) is 4. The Morgan fingerprint density at radius 3 is 2.12 bits per heavy atom. The number of carbonyl (C=O) groups is 4. The highest BCUT2D eigenvalue weighted by molar-refractivity contribution is 6.78. The van der Waals surface area contributed by atoms with E-state index in [9.17, 15) is 19.2 Å². The minimum Gasteiger partial charge on any atom is -0.453 e. The number of amides is 4. The molecule has 14 nitrogen and oxygen atoms in total. The first kappa shape index (κ1) is 41.4. The van der Waals surface area contributed by atoms with Gasteiger partial charge in [-0.2, -0.15) is 0 Å². The molecule has 0 spiro atoms. The molecule has 0 saturated carbocycles. The highest BCUT2D eigenvalue weighted by Gasteiger charge is 2.46. The zero-order chi connectivity index (χ0) is 42.3. The van der Waals surface area contributed by atoms with E-state index < -0.39 is 38.2 Å². The fourth-order valence-electron chi connectivity index (χ4n) is 8.53. The summed E-state index contributed by atoms with van der Waals surface area (Å²) in [6.07, 6.45) is 2.47. The van der Waals surface area contributed by atoms with Gasteiger partial charge in [-0.1, -0.05) is 65.1 Å². The predicted octanol–water partition coefficient (Wildman–Crippen LogP) is 7.47. The second-order valence-corrected chi connectivity index (χ2v) is 22.2. The van der Waals surface area contributed by atoms with Crippen molar-refractivity contribution in [2.75, 3.05) is 26.9 Å².